The van der Waals surface area contributed by atoms with Crippen molar-refractivity contribution < 1.29 is 4.39 Å². The first kappa shape index (κ1) is 10.6. The summed E-state index contributed by atoms with van der Waals surface area (Å²) in [6.07, 6.45) is 1.85. The predicted octanol–water partition coefficient (Wildman–Crippen LogP) is 2.15. The number of nitrogens with one attached hydrogen (secondary N) is 1. The molecule has 16 heavy (non-hydrogen) atoms. The number of benzene rings is 1. The number of halogens is 1. The van der Waals surface area contributed by atoms with Gasteiger partial charge in [-0.1, -0.05) is 6.92 Å². The van der Waals surface area contributed by atoms with Gasteiger partial charge in [0.15, 0.2) is 5.82 Å². The Labute approximate surface area is 92.7 Å². The van der Waals surface area contributed by atoms with Crippen molar-refractivity contribution in [3.05, 3.63) is 29.8 Å². The van der Waals surface area contributed by atoms with Crippen LogP contribution < -0.4 is 5.73 Å². The van der Waals surface area contributed by atoms with E-state index in [1.165, 1.54) is 12.1 Å². The molecule has 0 bridgehead atoms. The topological polar surface area (TPSA) is 67.6 Å². The Morgan fingerprint density at radius 2 is 2.25 bits per heavy atom. The van der Waals surface area contributed by atoms with Gasteiger partial charge in [0.1, 0.15) is 11.6 Å². The van der Waals surface area contributed by atoms with Crippen LogP contribution in [0.1, 0.15) is 19.2 Å². The van der Waals surface area contributed by atoms with Crippen molar-refractivity contribution in [1.82, 2.24) is 15.2 Å². The van der Waals surface area contributed by atoms with Crippen LogP contribution in [0.5, 0.6) is 0 Å². The number of aryl methyl sites for hydroxylation is 1. The minimum absolute atomic E-state index is 0.111. The maximum absolute atomic E-state index is 13.0. The highest BCUT2D eigenvalue weighted by Crippen LogP contribution is 2.20. The summed E-state index contributed by atoms with van der Waals surface area (Å²) in [7, 11) is 0. The number of nitrogen functional groups attached to an aromatic ring is 1. The van der Waals surface area contributed by atoms with E-state index >= 15 is 0 Å². The molecule has 0 radical (unpaired) electrons. The zero-order chi connectivity index (χ0) is 11.5. The van der Waals surface area contributed by atoms with E-state index < -0.39 is 5.82 Å². The van der Waals surface area contributed by atoms with E-state index in [2.05, 4.69) is 22.1 Å². The van der Waals surface area contributed by atoms with E-state index in [4.69, 9.17) is 5.73 Å². The molecule has 2 aromatic rings. The number of H-pyrrole nitrogens is 1. The minimum atomic E-state index is -0.423. The van der Waals surface area contributed by atoms with Gasteiger partial charge in [0.05, 0.1) is 5.69 Å². The number of anilines is 1. The molecule has 1 heterocycles. The summed E-state index contributed by atoms with van der Waals surface area (Å²) >= 11 is 0. The number of aromatic amines is 1. The van der Waals surface area contributed by atoms with Crippen LogP contribution in [0.3, 0.4) is 0 Å². The molecule has 3 N–H and O–H groups in total. The van der Waals surface area contributed by atoms with Crippen molar-refractivity contribution in [3.8, 4) is 11.4 Å². The number of nitrogens with zero attached hydrogens (tertiary/aromatic N) is 2. The first-order valence-electron chi connectivity index (χ1n) is 5.17. The molecule has 0 spiro atoms. The third-order valence-electron chi connectivity index (χ3n) is 2.27. The quantitative estimate of drug-likeness (QED) is 0.779. The van der Waals surface area contributed by atoms with Crippen LogP contribution in [0.25, 0.3) is 11.4 Å². The molecule has 1 aromatic heterocycles. The highest BCUT2D eigenvalue weighted by molar-refractivity contribution is 5.61. The molecular formula is C11H13FN4. The highest BCUT2D eigenvalue weighted by Gasteiger charge is 2.07. The van der Waals surface area contributed by atoms with Gasteiger partial charge in [0.25, 0.3) is 0 Å². The maximum Gasteiger partial charge on any atom is 0.181 e. The smallest absolute Gasteiger partial charge is 0.181 e. The van der Waals surface area contributed by atoms with Crippen molar-refractivity contribution in [2.24, 2.45) is 0 Å². The Balaban J connectivity index is 2.31. The van der Waals surface area contributed by atoms with Gasteiger partial charge in [0.2, 0.25) is 0 Å². The molecule has 0 aliphatic carbocycles. The molecule has 0 saturated carbocycles. The number of aromatic nitrogens is 3. The average molecular weight is 220 g/mol. The van der Waals surface area contributed by atoms with Crippen LogP contribution in [-0.4, -0.2) is 15.2 Å². The molecular weight excluding hydrogens is 207 g/mol. The van der Waals surface area contributed by atoms with Crippen LogP contribution in [-0.2, 0) is 6.42 Å². The molecule has 4 nitrogen and oxygen atoms in total. The van der Waals surface area contributed by atoms with E-state index in [1.807, 2.05) is 0 Å². The number of rotatable bonds is 3. The summed E-state index contributed by atoms with van der Waals surface area (Å²) in [6.45, 7) is 2.07. The van der Waals surface area contributed by atoms with Gasteiger partial charge in [-0.05, 0) is 24.6 Å². The van der Waals surface area contributed by atoms with Crippen LogP contribution in [0.4, 0.5) is 10.1 Å². The molecule has 0 atom stereocenters. The van der Waals surface area contributed by atoms with Gasteiger partial charge in [-0.2, -0.15) is 5.10 Å². The fraction of sp³-hybridized carbons (Fsp3) is 0.273. The Kier molecular flexibility index (Phi) is 2.85. The lowest BCUT2D eigenvalue weighted by Crippen LogP contribution is -1.91. The summed E-state index contributed by atoms with van der Waals surface area (Å²) < 4.78 is 13.0. The summed E-state index contributed by atoms with van der Waals surface area (Å²) in [5.74, 6) is 0.962. The molecule has 2 rings (SSSR count). The molecule has 0 unspecified atom stereocenters. The zero-order valence-electron chi connectivity index (χ0n) is 9.00. The van der Waals surface area contributed by atoms with E-state index in [0.29, 0.717) is 5.82 Å². The molecule has 1 aromatic carbocycles. The fourth-order valence-corrected chi connectivity index (χ4v) is 1.46. The molecule has 0 amide bonds. The molecule has 0 aliphatic rings. The SMILES string of the molecule is CCCc1nc(-c2ccc(F)c(N)c2)n[nH]1. The van der Waals surface area contributed by atoms with Crippen molar-refractivity contribution >= 4 is 5.69 Å². The third kappa shape index (κ3) is 2.03. The Bertz CT molecular complexity index is 492. The number of nitrogens with two attached hydrogens (primary N) is 1. The summed E-state index contributed by atoms with van der Waals surface area (Å²) in [4.78, 5) is 4.30. The third-order valence-corrected chi connectivity index (χ3v) is 2.27. The predicted molar refractivity (Wildman–Crippen MR) is 60.2 cm³/mol. The average Bonchev–Trinajstić information content (AvgIpc) is 2.71. The van der Waals surface area contributed by atoms with Gasteiger partial charge >= 0.3 is 0 Å². The first-order valence-corrected chi connectivity index (χ1v) is 5.17. The first-order chi connectivity index (χ1) is 7.70. The van der Waals surface area contributed by atoms with Gasteiger partial charge in [-0.15, -0.1) is 0 Å². The van der Waals surface area contributed by atoms with E-state index in [-0.39, 0.29) is 5.69 Å². The van der Waals surface area contributed by atoms with Crippen LogP contribution in [0.2, 0.25) is 0 Å². The van der Waals surface area contributed by atoms with E-state index in [0.717, 1.165) is 24.2 Å². The molecule has 84 valence electrons. The Morgan fingerprint density at radius 1 is 1.44 bits per heavy atom. The maximum atomic E-state index is 13.0. The van der Waals surface area contributed by atoms with Gasteiger partial charge in [-0.25, -0.2) is 9.37 Å². The van der Waals surface area contributed by atoms with Crippen molar-refractivity contribution in [2.45, 2.75) is 19.8 Å². The van der Waals surface area contributed by atoms with Crippen molar-refractivity contribution in [1.29, 1.82) is 0 Å². The molecule has 0 aliphatic heterocycles. The van der Waals surface area contributed by atoms with Crippen molar-refractivity contribution in [2.75, 3.05) is 5.73 Å². The second-order valence-electron chi connectivity index (χ2n) is 3.59. The molecule has 0 fully saturated rings. The standard InChI is InChI=1S/C11H13FN4/c1-2-3-10-14-11(16-15-10)7-4-5-8(12)9(13)6-7/h4-6H,2-3,13H2,1H3,(H,14,15,16). The van der Waals surface area contributed by atoms with E-state index in [1.54, 1.807) is 6.07 Å². The van der Waals surface area contributed by atoms with Crippen LogP contribution in [0, 0.1) is 5.82 Å². The lowest BCUT2D eigenvalue weighted by Gasteiger charge is -1.98. The normalized spacial score (nSPS) is 10.6. The second-order valence-corrected chi connectivity index (χ2v) is 3.59. The highest BCUT2D eigenvalue weighted by atomic mass is 19.1. The Hall–Kier alpha value is -1.91. The molecule has 5 heteroatoms. The van der Waals surface area contributed by atoms with Crippen molar-refractivity contribution in [3.63, 3.8) is 0 Å². The second kappa shape index (κ2) is 4.30. The minimum Gasteiger partial charge on any atom is -0.396 e. The summed E-state index contributed by atoms with van der Waals surface area (Å²) in [6, 6.07) is 4.47. The van der Waals surface area contributed by atoms with Crippen LogP contribution >= 0.6 is 0 Å². The monoisotopic (exact) mass is 220 g/mol. The van der Waals surface area contributed by atoms with Gasteiger partial charge in [0, 0.05) is 12.0 Å². The summed E-state index contributed by atoms with van der Waals surface area (Å²) in [5, 5.41) is 6.91. The Morgan fingerprint density at radius 3 is 2.94 bits per heavy atom. The lowest BCUT2D eigenvalue weighted by molar-refractivity contribution is 0.632. The fourth-order valence-electron chi connectivity index (χ4n) is 1.46. The van der Waals surface area contributed by atoms with E-state index in [9.17, 15) is 4.39 Å². The van der Waals surface area contributed by atoms with Gasteiger partial charge < -0.3 is 5.73 Å². The largest absolute Gasteiger partial charge is 0.396 e. The molecule has 0 saturated heterocycles. The number of hydrogen-bond acceptors (Lipinski definition) is 3. The number of hydrogen-bond donors (Lipinski definition) is 2. The van der Waals surface area contributed by atoms with Crippen LogP contribution in [0.15, 0.2) is 18.2 Å². The summed E-state index contributed by atoms with van der Waals surface area (Å²) in [5.41, 5.74) is 6.31. The van der Waals surface area contributed by atoms with Gasteiger partial charge in [-0.3, -0.25) is 5.10 Å². The lowest BCUT2D eigenvalue weighted by atomic mass is 10.2. The zero-order valence-corrected chi connectivity index (χ0v) is 9.00.